The second-order valence-corrected chi connectivity index (χ2v) is 9.01. The summed E-state index contributed by atoms with van der Waals surface area (Å²) in [5.74, 6) is 0.777. The van der Waals surface area contributed by atoms with Crippen LogP contribution in [0.25, 0.3) is 37.2 Å². The molecule has 0 N–H and O–H groups in total. The molecule has 3 heterocycles. The van der Waals surface area contributed by atoms with Gasteiger partial charge in [0.15, 0.2) is 5.82 Å². The number of nitrogens with zero attached hydrogens (tertiary/aromatic N) is 4. The molecule has 0 atom stereocenters. The number of thiazole rings is 1. The lowest BCUT2D eigenvalue weighted by Crippen LogP contribution is -1.96. The van der Waals surface area contributed by atoms with Gasteiger partial charge in [0.2, 0.25) is 5.13 Å². The summed E-state index contributed by atoms with van der Waals surface area (Å²) in [4.78, 5) is 5.78. The molecule has 0 saturated heterocycles. The summed E-state index contributed by atoms with van der Waals surface area (Å²) in [7, 11) is 0. The van der Waals surface area contributed by atoms with Crippen molar-refractivity contribution in [2.24, 2.45) is 10.2 Å². The van der Waals surface area contributed by atoms with Crippen molar-refractivity contribution in [2.75, 3.05) is 0 Å². The lowest BCUT2D eigenvalue weighted by atomic mass is 10.1. The number of thiophene rings is 1. The highest BCUT2D eigenvalue weighted by atomic mass is 32.1. The Kier molecular flexibility index (Phi) is 4.44. The van der Waals surface area contributed by atoms with Crippen LogP contribution < -0.4 is 0 Å². The maximum Gasteiger partial charge on any atom is 0.231 e. The second kappa shape index (κ2) is 7.58. The van der Waals surface area contributed by atoms with Crippen molar-refractivity contribution in [1.29, 1.82) is 0 Å². The highest BCUT2D eigenvalue weighted by molar-refractivity contribution is 7.21. The minimum atomic E-state index is 0.657. The van der Waals surface area contributed by atoms with Crippen molar-refractivity contribution in [1.82, 2.24) is 9.55 Å². The summed E-state index contributed by atoms with van der Waals surface area (Å²) < 4.78 is 3.30. The molecule has 0 bridgehead atoms. The van der Waals surface area contributed by atoms with E-state index >= 15 is 0 Å². The number of hydrogen-bond acceptors (Lipinski definition) is 5. The number of aromatic nitrogens is 2. The Morgan fingerprint density at radius 2 is 1.61 bits per heavy atom. The van der Waals surface area contributed by atoms with Crippen molar-refractivity contribution in [3.63, 3.8) is 0 Å². The van der Waals surface area contributed by atoms with Gasteiger partial charge < -0.3 is 0 Å². The van der Waals surface area contributed by atoms with Gasteiger partial charge in [0.25, 0.3) is 0 Å². The van der Waals surface area contributed by atoms with Crippen LogP contribution in [0, 0.1) is 0 Å². The first kappa shape index (κ1) is 18.2. The Hall–Kier alpha value is -3.61. The van der Waals surface area contributed by atoms with E-state index in [1.54, 1.807) is 22.7 Å². The van der Waals surface area contributed by atoms with Crippen LogP contribution in [-0.4, -0.2) is 9.55 Å². The van der Waals surface area contributed by atoms with Crippen LogP contribution in [0.15, 0.2) is 107 Å². The smallest absolute Gasteiger partial charge is 0.231 e. The molecule has 0 aliphatic heterocycles. The first-order valence-electron chi connectivity index (χ1n) is 9.88. The van der Waals surface area contributed by atoms with Crippen LogP contribution in [0.3, 0.4) is 0 Å². The highest BCUT2D eigenvalue weighted by Gasteiger charge is 2.15. The fourth-order valence-electron chi connectivity index (χ4n) is 3.77. The zero-order valence-electron chi connectivity index (χ0n) is 16.3. The van der Waals surface area contributed by atoms with Crippen LogP contribution in [0.1, 0.15) is 0 Å². The fourth-order valence-corrected chi connectivity index (χ4v) is 5.30. The Bertz CT molecular complexity index is 1500. The van der Waals surface area contributed by atoms with Gasteiger partial charge in [0, 0.05) is 5.39 Å². The van der Waals surface area contributed by atoms with Gasteiger partial charge >= 0.3 is 0 Å². The lowest BCUT2D eigenvalue weighted by Gasteiger charge is -2.13. The maximum absolute atomic E-state index is 4.63. The molecule has 31 heavy (non-hydrogen) atoms. The van der Waals surface area contributed by atoms with E-state index in [1.165, 1.54) is 15.6 Å². The van der Waals surface area contributed by atoms with Crippen LogP contribution >= 0.6 is 22.7 Å². The molecule has 0 spiro atoms. The summed E-state index contributed by atoms with van der Waals surface area (Å²) in [5.41, 5.74) is 3.14. The van der Waals surface area contributed by atoms with Gasteiger partial charge in [0.1, 0.15) is 0 Å². The van der Waals surface area contributed by atoms with Crippen molar-refractivity contribution in [3.8, 4) is 16.3 Å². The molecule has 0 saturated carbocycles. The predicted molar refractivity (Wildman–Crippen MR) is 130 cm³/mol. The summed E-state index contributed by atoms with van der Waals surface area (Å²) in [5, 5.41) is 14.2. The summed E-state index contributed by atoms with van der Waals surface area (Å²) >= 11 is 3.26. The normalized spacial score (nSPS) is 11.7. The van der Waals surface area contributed by atoms with E-state index in [0.717, 1.165) is 27.4 Å². The third-order valence-electron chi connectivity index (χ3n) is 5.16. The molecule has 0 amide bonds. The minimum absolute atomic E-state index is 0.657. The van der Waals surface area contributed by atoms with Crippen LogP contribution in [0.5, 0.6) is 0 Å². The van der Waals surface area contributed by atoms with E-state index in [2.05, 4.69) is 91.9 Å². The molecule has 6 heteroatoms. The van der Waals surface area contributed by atoms with E-state index < -0.39 is 0 Å². The van der Waals surface area contributed by atoms with Crippen LogP contribution in [-0.2, 0) is 0 Å². The highest BCUT2D eigenvalue weighted by Crippen LogP contribution is 2.37. The fraction of sp³-hybridized carbons (Fsp3) is 0. The van der Waals surface area contributed by atoms with Gasteiger partial charge in [-0.2, -0.15) is 0 Å². The SMILES string of the molecule is c1csc(-c2ccc(/N=N\c3nc4ccccc4s3)n2-c2cccc3ccccc23)c1. The lowest BCUT2D eigenvalue weighted by molar-refractivity contribution is 1.05. The molecule has 0 unspecified atom stereocenters. The number of para-hydroxylation sites is 1. The molecule has 148 valence electrons. The van der Waals surface area contributed by atoms with E-state index in [1.807, 2.05) is 24.3 Å². The van der Waals surface area contributed by atoms with Crippen molar-refractivity contribution in [2.45, 2.75) is 0 Å². The van der Waals surface area contributed by atoms with Crippen molar-refractivity contribution in [3.05, 3.63) is 96.4 Å². The molecule has 0 radical (unpaired) electrons. The average Bonchev–Trinajstić information content (AvgIpc) is 3.56. The first-order chi connectivity index (χ1) is 15.4. The molecule has 0 fully saturated rings. The van der Waals surface area contributed by atoms with E-state index in [0.29, 0.717) is 5.13 Å². The molecule has 6 aromatic rings. The maximum atomic E-state index is 4.63. The van der Waals surface area contributed by atoms with Crippen LogP contribution in [0.4, 0.5) is 10.9 Å². The summed E-state index contributed by atoms with van der Waals surface area (Å²) in [6.07, 6.45) is 0. The third-order valence-corrected chi connectivity index (χ3v) is 6.98. The Balaban J connectivity index is 1.53. The van der Waals surface area contributed by atoms with Gasteiger partial charge in [-0.15, -0.1) is 21.6 Å². The number of fused-ring (bicyclic) bond motifs is 2. The number of hydrogen-bond donors (Lipinski definition) is 0. The summed E-state index contributed by atoms with van der Waals surface area (Å²) in [6.45, 7) is 0. The Morgan fingerprint density at radius 1 is 0.742 bits per heavy atom. The Morgan fingerprint density at radius 3 is 2.52 bits per heavy atom. The molecular formula is C25H16N4S2. The monoisotopic (exact) mass is 436 g/mol. The Labute approximate surface area is 186 Å². The van der Waals surface area contributed by atoms with Crippen LogP contribution in [0.2, 0.25) is 0 Å². The molecule has 6 rings (SSSR count). The number of benzene rings is 3. The van der Waals surface area contributed by atoms with Gasteiger partial charge in [-0.05, 0) is 47.2 Å². The topological polar surface area (TPSA) is 42.5 Å². The van der Waals surface area contributed by atoms with Gasteiger partial charge in [0.05, 0.1) is 26.5 Å². The van der Waals surface area contributed by atoms with E-state index in [-0.39, 0.29) is 0 Å². The third kappa shape index (κ3) is 3.26. The molecule has 3 aromatic heterocycles. The second-order valence-electron chi connectivity index (χ2n) is 7.05. The zero-order chi connectivity index (χ0) is 20.6. The first-order valence-corrected chi connectivity index (χ1v) is 11.6. The number of rotatable bonds is 4. The molecule has 3 aromatic carbocycles. The quantitative estimate of drug-likeness (QED) is 0.256. The average molecular weight is 437 g/mol. The van der Waals surface area contributed by atoms with E-state index in [9.17, 15) is 0 Å². The molecule has 4 nitrogen and oxygen atoms in total. The molecular weight excluding hydrogens is 420 g/mol. The minimum Gasteiger partial charge on any atom is -0.291 e. The van der Waals surface area contributed by atoms with Gasteiger partial charge in [-0.25, -0.2) is 4.98 Å². The number of azo groups is 1. The van der Waals surface area contributed by atoms with E-state index in [4.69, 9.17) is 0 Å². The molecule has 0 aliphatic rings. The molecule has 0 aliphatic carbocycles. The van der Waals surface area contributed by atoms with Gasteiger partial charge in [-0.1, -0.05) is 65.9 Å². The van der Waals surface area contributed by atoms with Crippen molar-refractivity contribution >= 4 is 54.6 Å². The zero-order valence-corrected chi connectivity index (χ0v) is 18.0. The van der Waals surface area contributed by atoms with Gasteiger partial charge in [-0.3, -0.25) is 4.57 Å². The largest absolute Gasteiger partial charge is 0.291 e. The summed E-state index contributed by atoms with van der Waals surface area (Å²) in [6, 6.07) is 31.2. The predicted octanol–water partition coefficient (Wildman–Crippen LogP) is 8.38. The standard InChI is InChI=1S/C25H16N4S2/c1-2-9-18-17(7-1)8-5-11-20(18)29-21(23-13-6-16-30-23)14-15-24(29)27-28-25-26-19-10-3-4-12-22(19)31-25/h1-16H/b28-27-. The van der Waals surface area contributed by atoms with Crippen molar-refractivity contribution < 1.29 is 0 Å².